The molecule has 0 amide bonds. The van der Waals surface area contributed by atoms with Crippen molar-refractivity contribution in [2.24, 2.45) is 5.92 Å². The number of carbonyl (C=O) groups excluding carboxylic acids is 1. The molecule has 2 unspecified atom stereocenters. The molecule has 2 aromatic carbocycles. The fourth-order valence-corrected chi connectivity index (χ4v) is 3.65. The molecule has 1 heterocycles. The van der Waals surface area contributed by atoms with Crippen LogP contribution in [0, 0.1) is 5.92 Å². The third-order valence-electron chi connectivity index (χ3n) is 5.17. The van der Waals surface area contributed by atoms with Crippen LogP contribution in [0.25, 0.3) is 0 Å². The first kappa shape index (κ1) is 23.3. The van der Waals surface area contributed by atoms with Crippen LogP contribution in [0.5, 0.6) is 0 Å². The van der Waals surface area contributed by atoms with Crippen LogP contribution >= 0.6 is 0 Å². The first-order valence-corrected chi connectivity index (χ1v) is 9.61. The van der Waals surface area contributed by atoms with Gasteiger partial charge in [0.25, 0.3) is 0 Å². The number of alkyl halides is 6. The molecule has 3 atom stereocenters. The summed E-state index contributed by atoms with van der Waals surface area (Å²) in [7, 11) is 0. The van der Waals surface area contributed by atoms with Crippen LogP contribution in [0.2, 0.25) is 0 Å². The summed E-state index contributed by atoms with van der Waals surface area (Å²) < 4.78 is 89.4. The molecular formula is C22H20F6O3. The van der Waals surface area contributed by atoms with E-state index in [1.165, 1.54) is 0 Å². The number of halogens is 6. The smallest absolute Gasteiger partial charge is 0.352 e. The Hall–Kier alpha value is -2.39. The van der Waals surface area contributed by atoms with Crippen LogP contribution in [0.15, 0.2) is 48.5 Å². The molecule has 0 N–H and O–H groups in total. The van der Waals surface area contributed by atoms with Gasteiger partial charge in [-0.3, -0.25) is 0 Å². The van der Waals surface area contributed by atoms with E-state index in [1.807, 2.05) is 18.2 Å². The van der Waals surface area contributed by atoms with E-state index in [1.54, 1.807) is 12.1 Å². The van der Waals surface area contributed by atoms with E-state index in [0.29, 0.717) is 18.6 Å². The van der Waals surface area contributed by atoms with Crippen LogP contribution in [-0.4, -0.2) is 25.8 Å². The predicted octanol–water partition coefficient (Wildman–Crippen LogP) is 5.63. The summed E-state index contributed by atoms with van der Waals surface area (Å²) >= 11 is 0. The first-order valence-electron chi connectivity index (χ1n) is 9.61. The Balaban J connectivity index is 1.76. The highest BCUT2D eigenvalue weighted by Crippen LogP contribution is 2.37. The maximum Gasteiger partial charge on any atom is 0.416 e. The molecular weight excluding hydrogens is 426 g/mol. The number of rotatable bonds is 6. The third-order valence-corrected chi connectivity index (χ3v) is 5.17. The predicted molar refractivity (Wildman–Crippen MR) is 99.2 cm³/mol. The molecule has 1 aliphatic rings. The molecule has 1 aliphatic heterocycles. The van der Waals surface area contributed by atoms with Crippen molar-refractivity contribution in [2.45, 2.75) is 37.4 Å². The van der Waals surface area contributed by atoms with Gasteiger partial charge in [0.05, 0.1) is 24.3 Å². The molecule has 3 nitrogen and oxygen atoms in total. The fraction of sp³-hybridized carbons (Fsp3) is 0.409. The lowest BCUT2D eigenvalue weighted by Gasteiger charge is -2.35. The highest BCUT2D eigenvalue weighted by Gasteiger charge is 2.38. The van der Waals surface area contributed by atoms with E-state index in [9.17, 15) is 31.1 Å². The number of ether oxygens (including phenoxy) is 2. The van der Waals surface area contributed by atoms with Crippen molar-refractivity contribution in [3.63, 3.8) is 0 Å². The van der Waals surface area contributed by atoms with Crippen molar-refractivity contribution in [3.05, 3.63) is 70.8 Å². The van der Waals surface area contributed by atoms with Crippen molar-refractivity contribution < 1.29 is 40.6 Å². The minimum Gasteiger partial charge on any atom is -0.352 e. The van der Waals surface area contributed by atoms with Crippen molar-refractivity contribution in [1.82, 2.24) is 0 Å². The van der Waals surface area contributed by atoms with E-state index in [-0.39, 0.29) is 37.2 Å². The molecule has 1 saturated heterocycles. The Kier molecular flexibility index (Phi) is 7.06. The van der Waals surface area contributed by atoms with Crippen molar-refractivity contribution >= 4 is 6.29 Å². The minimum absolute atomic E-state index is 0.0920. The number of aldehydes is 1. The Morgan fingerprint density at radius 2 is 1.58 bits per heavy atom. The van der Waals surface area contributed by atoms with Gasteiger partial charge in [-0.05, 0) is 42.2 Å². The standard InChI is InChI=1S/C22H20F6O3/c23-21(24,25)17-10-14(11-18(12-17)22(26,27)28)6-8-30-20-19(15-4-2-1-3-5-15)16(13-29)7-9-31-20/h1-5,10-13,16,19-20H,6-9H2/t16?,19?,20-/m0/s1. The van der Waals surface area contributed by atoms with Gasteiger partial charge in [-0.1, -0.05) is 30.3 Å². The van der Waals surface area contributed by atoms with Crippen molar-refractivity contribution in [1.29, 1.82) is 0 Å². The monoisotopic (exact) mass is 446 g/mol. The number of hydrogen-bond donors (Lipinski definition) is 0. The van der Waals surface area contributed by atoms with Gasteiger partial charge in [0.15, 0.2) is 6.29 Å². The van der Waals surface area contributed by atoms with Crippen molar-refractivity contribution in [2.75, 3.05) is 13.2 Å². The summed E-state index contributed by atoms with van der Waals surface area (Å²) in [5.74, 6) is -0.786. The molecule has 3 rings (SSSR count). The maximum atomic E-state index is 13.0. The molecule has 0 aromatic heterocycles. The van der Waals surface area contributed by atoms with E-state index < -0.39 is 35.7 Å². The SMILES string of the molecule is O=CC1CCO[C@H](OCCc2cc(C(F)(F)F)cc(C(F)(F)F)c2)C1c1ccccc1. The molecule has 1 fully saturated rings. The molecule has 9 heteroatoms. The molecule has 0 spiro atoms. The summed E-state index contributed by atoms with van der Waals surface area (Å²) in [6.07, 6.45) is -9.51. The normalized spacial score (nSPS) is 22.3. The average molecular weight is 446 g/mol. The van der Waals surface area contributed by atoms with Gasteiger partial charge in [-0.25, -0.2) is 0 Å². The van der Waals surface area contributed by atoms with Crippen LogP contribution in [0.1, 0.15) is 34.6 Å². The van der Waals surface area contributed by atoms with Gasteiger partial charge >= 0.3 is 12.4 Å². The maximum absolute atomic E-state index is 13.0. The summed E-state index contributed by atoms with van der Waals surface area (Å²) in [5.41, 5.74) is -2.08. The quantitative estimate of drug-likeness (QED) is 0.426. The minimum atomic E-state index is -4.90. The molecule has 0 radical (unpaired) electrons. The molecule has 0 saturated carbocycles. The lowest BCUT2D eigenvalue weighted by atomic mass is 9.83. The van der Waals surface area contributed by atoms with Crippen molar-refractivity contribution in [3.8, 4) is 0 Å². The lowest BCUT2D eigenvalue weighted by molar-refractivity contribution is -0.186. The number of carbonyl (C=O) groups is 1. The van der Waals surface area contributed by atoms with Crippen LogP contribution in [-0.2, 0) is 33.0 Å². The van der Waals surface area contributed by atoms with Crippen LogP contribution < -0.4 is 0 Å². The zero-order valence-corrected chi connectivity index (χ0v) is 16.2. The summed E-state index contributed by atoms with van der Waals surface area (Å²) in [4.78, 5) is 11.5. The highest BCUT2D eigenvalue weighted by atomic mass is 19.4. The van der Waals surface area contributed by atoms with E-state index in [4.69, 9.17) is 9.47 Å². The molecule has 168 valence electrons. The van der Waals surface area contributed by atoms with Gasteiger partial charge in [0.1, 0.15) is 6.29 Å². The van der Waals surface area contributed by atoms with E-state index >= 15 is 0 Å². The van der Waals surface area contributed by atoms with Gasteiger partial charge in [0, 0.05) is 11.8 Å². The number of hydrogen-bond acceptors (Lipinski definition) is 3. The second-order valence-corrected chi connectivity index (χ2v) is 7.30. The first-order chi connectivity index (χ1) is 14.6. The Morgan fingerprint density at radius 1 is 0.968 bits per heavy atom. The highest BCUT2D eigenvalue weighted by molar-refractivity contribution is 5.56. The second-order valence-electron chi connectivity index (χ2n) is 7.30. The third kappa shape index (κ3) is 5.86. The van der Waals surface area contributed by atoms with Crippen LogP contribution in [0.3, 0.4) is 0 Å². The second kappa shape index (κ2) is 9.40. The molecule has 31 heavy (non-hydrogen) atoms. The van der Waals surface area contributed by atoms with Gasteiger partial charge in [-0.2, -0.15) is 26.3 Å². The van der Waals surface area contributed by atoms with Gasteiger partial charge < -0.3 is 14.3 Å². The van der Waals surface area contributed by atoms with Gasteiger partial charge in [0.2, 0.25) is 0 Å². The summed E-state index contributed by atoms with van der Waals surface area (Å²) in [5, 5.41) is 0. The Morgan fingerprint density at radius 3 is 2.13 bits per heavy atom. The zero-order chi connectivity index (χ0) is 22.6. The van der Waals surface area contributed by atoms with E-state index in [0.717, 1.165) is 11.8 Å². The fourth-order valence-electron chi connectivity index (χ4n) is 3.65. The molecule has 2 aromatic rings. The average Bonchev–Trinajstić information content (AvgIpc) is 2.72. The zero-order valence-electron chi connectivity index (χ0n) is 16.2. The molecule has 0 bridgehead atoms. The Bertz CT molecular complexity index is 847. The van der Waals surface area contributed by atoms with Gasteiger partial charge in [-0.15, -0.1) is 0 Å². The topological polar surface area (TPSA) is 35.5 Å². The van der Waals surface area contributed by atoms with Crippen LogP contribution in [0.4, 0.5) is 26.3 Å². The Labute approximate surface area is 175 Å². The largest absolute Gasteiger partial charge is 0.416 e. The summed E-state index contributed by atoms with van der Waals surface area (Å²) in [6.45, 7) is 0.0946. The summed E-state index contributed by atoms with van der Waals surface area (Å²) in [6, 6.07) is 10.5. The lowest BCUT2D eigenvalue weighted by Crippen LogP contribution is -2.37. The van der Waals surface area contributed by atoms with E-state index in [2.05, 4.69) is 0 Å². The molecule has 0 aliphatic carbocycles. The number of benzene rings is 2.